The summed E-state index contributed by atoms with van der Waals surface area (Å²) in [7, 11) is 0. The van der Waals surface area contributed by atoms with Crippen LogP contribution in [0.1, 0.15) is 26.2 Å². The number of aliphatic hydroxyl groups is 1. The van der Waals surface area contributed by atoms with E-state index in [-0.39, 0.29) is 0 Å². The van der Waals surface area contributed by atoms with Gasteiger partial charge in [-0.05, 0) is 32.7 Å². The quantitative estimate of drug-likeness (QED) is 0.809. The zero-order valence-corrected chi connectivity index (χ0v) is 9.81. The molecule has 1 atom stereocenters. The van der Waals surface area contributed by atoms with Gasteiger partial charge in [0.2, 0.25) is 0 Å². The van der Waals surface area contributed by atoms with E-state index in [4.69, 9.17) is 0 Å². The summed E-state index contributed by atoms with van der Waals surface area (Å²) in [6.45, 7) is 8.70. The van der Waals surface area contributed by atoms with Crippen LogP contribution in [0.2, 0.25) is 0 Å². The highest BCUT2D eigenvalue weighted by Crippen LogP contribution is 2.22. The molecule has 13 heavy (non-hydrogen) atoms. The van der Waals surface area contributed by atoms with Gasteiger partial charge in [-0.15, -0.1) is 0 Å². The molecule has 0 aromatic heterocycles. The first-order valence-corrected chi connectivity index (χ1v) is 5.57. The molecule has 0 aromatic rings. The Hall–Kier alpha value is 0.140. The van der Waals surface area contributed by atoms with Crippen molar-refractivity contribution in [2.75, 3.05) is 19.6 Å². The van der Waals surface area contributed by atoms with Crippen molar-refractivity contribution in [1.82, 2.24) is 4.90 Å². The lowest BCUT2D eigenvalue weighted by Crippen LogP contribution is -2.29. The molecule has 3 heteroatoms. The number of hydrogen-bond donors (Lipinski definition) is 1. The zero-order chi connectivity index (χ0) is 9.90. The van der Waals surface area contributed by atoms with Gasteiger partial charge in [0.15, 0.2) is 0 Å². The Balaban J connectivity index is 2.40. The summed E-state index contributed by atoms with van der Waals surface area (Å²) in [5.74, 6) is 0. The maximum atomic E-state index is 9.85. The van der Waals surface area contributed by atoms with Gasteiger partial charge in [0.05, 0.1) is 5.60 Å². The van der Waals surface area contributed by atoms with Crippen LogP contribution in [0, 0.1) is 0 Å². The molecule has 1 N–H and O–H groups in total. The lowest BCUT2D eigenvalue weighted by molar-refractivity contribution is 0.0450. The predicted molar refractivity (Wildman–Crippen MR) is 59.0 cm³/mol. The minimum Gasteiger partial charge on any atom is -0.390 e. The molecule has 1 fully saturated rings. The lowest BCUT2D eigenvalue weighted by Gasteiger charge is -2.21. The van der Waals surface area contributed by atoms with Crippen molar-refractivity contribution < 1.29 is 5.11 Å². The first-order chi connectivity index (χ1) is 5.99. The Labute approximate surface area is 88.7 Å². The fourth-order valence-corrected chi connectivity index (χ4v) is 2.07. The molecule has 1 saturated heterocycles. The van der Waals surface area contributed by atoms with Crippen molar-refractivity contribution in [3.63, 3.8) is 0 Å². The number of rotatable bonds is 2. The maximum Gasteiger partial charge on any atom is 0.0632 e. The van der Waals surface area contributed by atoms with E-state index in [2.05, 4.69) is 27.4 Å². The van der Waals surface area contributed by atoms with E-state index in [9.17, 15) is 5.11 Å². The number of nitrogens with zero attached hydrogens (tertiary/aromatic N) is 1. The van der Waals surface area contributed by atoms with Crippen LogP contribution < -0.4 is 0 Å². The molecule has 1 heterocycles. The van der Waals surface area contributed by atoms with E-state index < -0.39 is 5.60 Å². The van der Waals surface area contributed by atoms with Crippen LogP contribution in [0.25, 0.3) is 0 Å². The van der Waals surface area contributed by atoms with Crippen molar-refractivity contribution in [3.8, 4) is 0 Å². The fraction of sp³-hybridized carbons (Fsp3) is 0.800. The van der Waals surface area contributed by atoms with E-state index in [0.29, 0.717) is 0 Å². The van der Waals surface area contributed by atoms with E-state index in [0.717, 1.165) is 43.4 Å². The van der Waals surface area contributed by atoms with Crippen LogP contribution in [0.4, 0.5) is 0 Å². The van der Waals surface area contributed by atoms with Gasteiger partial charge in [-0.1, -0.05) is 22.5 Å². The number of hydrogen-bond acceptors (Lipinski definition) is 2. The fourth-order valence-electron chi connectivity index (χ4n) is 1.72. The van der Waals surface area contributed by atoms with Crippen molar-refractivity contribution in [2.24, 2.45) is 0 Å². The summed E-state index contributed by atoms with van der Waals surface area (Å²) in [6.07, 6.45) is 2.86. The van der Waals surface area contributed by atoms with Gasteiger partial charge in [0, 0.05) is 17.6 Å². The van der Waals surface area contributed by atoms with E-state index in [1.54, 1.807) is 0 Å². The first-order valence-electron chi connectivity index (χ1n) is 4.78. The Morgan fingerprint density at radius 3 is 2.85 bits per heavy atom. The molecule has 1 unspecified atom stereocenters. The number of halogens is 1. The molecule has 0 aliphatic carbocycles. The lowest BCUT2D eigenvalue weighted by atomic mass is 9.98. The number of likely N-dealkylation sites (tertiary alicyclic amines) is 1. The topological polar surface area (TPSA) is 23.5 Å². The minimum atomic E-state index is -0.456. The zero-order valence-electron chi connectivity index (χ0n) is 8.22. The summed E-state index contributed by atoms with van der Waals surface area (Å²) in [6, 6.07) is 0. The molecular formula is C10H18BrNO. The molecular weight excluding hydrogens is 230 g/mol. The smallest absolute Gasteiger partial charge is 0.0632 e. The van der Waals surface area contributed by atoms with Crippen LogP contribution in [0.5, 0.6) is 0 Å². The van der Waals surface area contributed by atoms with Crippen LogP contribution >= 0.6 is 15.9 Å². The van der Waals surface area contributed by atoms with Crippen LogP contribution in [-0.4, -0.2) is 35.2 Å². The highest BCUT2D eigenvalue weighted by molar-refractivity contribution is 9.11. The van der Waals surface area contributed by atoms with Gasteiger partial charge < -0.3 is 5.11 Å². The van der Waals surface area contributed by atoms with Gasteiger partial charge in [-0.2, -0.15) is 0 Å². The summed E-state index contributed by atoms with van der Waals surface area (Å²) < 4.78 is 1.02. The summed E-state index contributed by atoms with van der Waals surface area (Å²) >= 11 is 3.37. The van der Waals surface area contributed by atoms with Crippen LogP contribution in [0.15, 0.2) is 11.1 Å². The molecule has 0 saturated carbocycles. The third kappa shape index (κ3) is 4.25. The molecule has 1 aliphatic heterocycles. The molecule has 1 aliphatic rings. The first kappa shape index (κ1) is 11.2. The molecule has 76 valence electrons. The largest absolute Gasteiger partial charge is 0.390 e. The highest BCUT2D eigenvalue weighted by Gasteiger charge is 2.24. The molecule has 1 rings (SSSR count). The van der Waals surface area contributed by atoms with Crippen molar-refractivity contribution in [2.45, 2.75) is 31.8 Å². The average Bonchev–Trinajstić information content (AvgIpc) is 2.12. The van der Waals surface area contributed by atoms with Gasteiger partial charge in [-0.3, -0.25) is 4.90 Å². The van der Waals surface area contributed by atoms with Crippen LogP contribution in [0.3, 0.4) is 0 Å². The third-order valence-electron chi connectivity index (χ3n) is 2.55. The van der Waals surface area contributed by atoms with Gasteiger partial charge >= 0.3 is 0 Å². The molecule has 0 bridgehead atoms. The van der Waals surface area contributed by atoms with Crippen molar-refractivity contribution in [3.05, 3.63) is 11.1 Å². The van der Waals surface area contributed by atoms with Crippen molar-refractivity contribution in [1.29, 1.82) is 0 Å². The van der Waals surface area contributed by atoms with Crippen molar-refractivity contribution >= 4 is 15.9 Å². The Kier molecular flexibility index (Phi) is 3.95. The summed E-state index contributed by atoms with van der Waals surface area (Å²) in [5, 5.41) is 9.85. The summed E-state index contributed by atoms with van der Waals surface area (Å²) in [5.41, 5.74) is -0.456. The average molecular weight is 248 g/mol. The van der Waals surface area contributed by atoms with Gasteiger partial charge in [0.1, 0.15) is 0 Å². The second kappa shape index (κ2) is 4.58. The SMILES string of the molecule is C=C(Br)CN1CCCC(C)(O)CC1. The Bertz CT molecular complexity index is 191. The predicted octanol–water partition coefficient (Wildman–Crippen LogP) is 2.13. The second-order valence-electron chi connectivity index (χ2n) is 4.14. The van der Waals surface area contributed by atoms with E-state index in [1.807, 2.05) is 6.92 Å². The van der Waals surface area contributed by atoms with Gasteiger partial charge in [0.25, 0.3) is 0 Å². The standard InChI is InChI=1S/C10H18BrNO/c1-9(11)8-12-6-3-4-10(2,13)5-7-12/h13H,1,3-8H2,2H3. The molecule has 0 spiro atoms. The minimum absolute atomic E-state index is 0.456. The third-order valence-corrected chi connectivity index (χ3v) is 2.80. The molecule has 0 aromatic carbocycles. The molecule has 0 amide bonds. The van der Waals surface area contributed by atoms with Gasteiger partial charge in [-0.25, -0.2) is 0 Å². The maximum absolute atomic E-state index is 9.85. The Morgan fingerprint density at radius 2 is 2.23 bits per heavy atom. The monoisotopic (exact) mass is 247 g/mol. The highest BCUT2D eigenvalue weighted by atomic mass is 79.9. The van der Waals surface area contributed by atoms with Crippen LogP contribution in [-0.2, 0) is 0 Å². The second-order valence-corrected chi connectivity index (χ2v) is 5.27. The Morgan fingerprint density at radius 1 is 1.54 bits per heavy atom. The van der Waals surface area contributed by atoms with E-state index >= 15 is 0 Å². The summed E-state index contributed by atoms with van der Waals surface area (Å²) in [4.78, 5) is 2.33. The normalized spacial score (nSPS) is 31.3. The van der Waals surface area contributed by atoms with E-state index in [1.165, 1.54) is 0 Å². The molecule has 0 radical (unpaired) electrons. The molecule has 2 nitrogen and oxygen atoms in total.